The number of carbonyl (C=O) groups excluding carboxylic acids is 1. The molecule has 0 saturated heterocycles. The Balaban J connectivity index is 1.92. The number of carbonyl (C=O) groups is 1. The standard InChI is InChI=1S/C11H10N4O/c16-11-10-6-9(8-4-2-1-3-5-8)14-15(10)7-12-13-11/h1-5,7,10H,6H2,(H,13,16). The Labute approximate surface area is 92.4 Å². The minimum absolute atomic E-state index is 0.0998. The first-order chi connectivity index (χ1) is 7.84. The normalized spacial score (nSPS) is 22.8. The van der Waals surface area contributed by atoms with Crippen molar-refractivity contribution in [2.75, 3.05) is 0 Å². The van der Waals surface area contributed by atoms with Crippen LogP contribution in [0.15, 0.2) is 40.5 Å². The number of rotatable bonds is 1. The molecule has 1 unspecified atom stereocenters. The maximum absolute atomic E-state index is 11.5. The molecule has 0 aromatic heterocycles. The second-order valence-corrected chi connectivity index (χ2v) is 3.73. The Bertz CT molecular complexity index is 480. The van der Waals surface area contributed by atoms with E-state index >= 15 is 0 Å². The fraction of sp³-hybridized carbons (Fsp3) is 0.182. The van der Waals surface area contributed by atoms with Gasteiger partial charge >= 0.3 is 0 Å². The number of hydrazone groups is 2. The van der Waals surface area contributed by atoms with E-state index in [1.54, 1.807) is 11.3 Å². The molecule has 0 saturated carbocycles. The molecule has 1 aromatic carbocycles. The summed E-state index contributed by atoms with van der Waals surface area (Å²) in [5.41, 5.74) is 4.42. The van der Waals surface area contributed by atoms with Crippen LogP contribution < -0.4 is 5.43 Å². The lowest BCUT2D eigenvalue weighted by molar-refractivity contribution is -0.125. The van der Waals surface area contributed by atoms with Crippen LogP contribution in [0.2, 0.25) is 0 Å². The third kappa shape index (κ3) is 1.37. The number of nitrogens with one attached hydrogen (secondary N) is 1. The summed E-state index contributed by atoms with van der Waals surface area (Å²) < 4.78 is 0. The smallest absolute Gasteiger partial charge is 0.265 e. The lowest BCUT2D eigenvalue weighted by atomic mass is 10.0. The summed E-state index contributed by atoms with van der Waals surface area (Å²) in [6, 6.07) is 9.62. The van der Waals surface area contributed by atoms with Crippen LogP contribution in [-0.4, -0.2) is 29.0 Å². The monoisotopic (exact) mass is 214 g/mol. The fourth-order valence-corrected chi connectivity index (χ4v) is 1.88. The van der Waals surface area contributed by atoms with E-state index in [9.17, 15) is 4.79 Å². The van der Waals surface area contributed by atoms with Crippen LogP contribution in [0.1, 0.15) is 12.0 Å². The summed E-state index contributed by atoms with van der Waals surface area (Å²) in [6.45, 7) is 0. The van der Waals surface area contributed by atoms with Crippen LogP contribution in [0.3, 0.4) is 0 Å². The second kappa shape index (κ2) is 3.44. The van der Waals surface area contributed by atoms with Gasteiger partial charge in [-0.15, -0.1) is 0 Å². The Morgan fingerprint density at radius 1 is 1.31 bits per heavy atom. The van der Waals surface area contributed by atoms with Crippen LogP contribution in [0.5, 0.6) is 0 Å². The molecule has 1 amide bonds. The summed E-state index contributed by atoms with van der Waals surface area (Å²) in [5, 5.41) is 9.71. The highest BCUT2D eigenvalue weighted by atomic mass is 16.2. The maximum Gasteiger partial charge on any atom is 0.265 e. The summed E-state index contributed by atoms with van der Waals surface area (Å²) in [4.78, 5) is 11.5. The minimum atomic E-state index is -0.243. The lowest BCUT2D eigenvalue weighted by Crippen LogP contribution is -2.44. The quantitative estimate of drug-likeness (QED) is 0.741. The van der Waals surface area contributed by atoms with Crippen molar-refractivity contribution in [3.05, 3.63) is 35.9 Å². The van der Waals surface area contributed by atoms with Crippen molar-refractivity contribution in [1.29, 1.82) is 0 Å². The summed E-state index contributed by atoms with van der Waals surface area (Å²) in [6.07, 6.45) is 2.17. The van der Waals surface area contributed by atoms with Crippen molar-refractivity contribution in [2.24, 2.45) is 10.2 Å². The first-order valence-electron chi connectivity index (χ1n) is 5.09. The van der Waals surface area contributed by atoms with E-state index in [2.05, 4.69) is 15.6 Å². The molecule has 80 valence electrons. The lowest BCUT2D eigenvalue weighted by Gasteiger charge is -2.20. The summed E-state index contributed by atoms with van der Waals surface area (Å²) >= 11 is 0. The predicted molar refractivity (Wildman–Crippen MR) is 59.9 cm³/mol. The zero-order valence-corrected chi connectivity index (χ0v) is 8.50. The van der Waals surface area contributed by atoms with Crippen molar-refractivity contribution < 1.29 is 4.79 Å². The highest BCUT2D eigenvalue weighted by Gasteiger charge is 2.34. The van der Waals surface area contributed by atoms with Crippen molar-refractivity contribution in [3.8, 4) is 0 Å². The summed E-state index contributed by atoms with van der Waals surface area (Å²) in [7, 11) is 0. The van der Waals surface area contributed by atoms with Gasteiger partial charge in [0.1, 0.15) is 12.4 Å². The molecule has 3 rings (SSSR count). The highest BCUT2D eigenvalue weighted by Crippen LogP contribution is 2.20. The van der Waals surface area contributed by atoms with Gasteiger partial charge in [0.15, 0.2) is 0 Å². The molecule has 0 fully saturated rings. The summed E-state index contributed by atoms with van der Waals surface area (Å²) in [5.74, 6) is -0.0998. The number of nitrogens with zero attached hydrogens (tertiary/aromatic N) is 3. The number of fused-ring (bicyclic) bond motifs is 1. The first kappa shape index (κ1) is 9.08. The molecule has 5 heteroatoms. The van der Waals surface area contributed by atoms with Crippen LogP contribution in [0.25, 0.3) is 0 Å². The van der Waals surface area contributed by atoms with Crippen molar-refractivity contribution >= 4 is 18.0 Å². The van der Waals surface area contributed by atoms with Crippen LogP contribution in [0.4, 0.5) is 0 Å². The molecule has 5 nitrogen and oxygen atoms in total. The highest BCUT2D eigenvalue weighted by molar-refractivity contribution is 6.06. The third-order valence-electron chi connectivity index (χ3n) is 2.70. The third-order valence-corrected chi connectivity index (χ3v) is 2.70. The first-order valence-corrected chi connectivity index (χ1v) is 5.09. The Morgan fingerprint density at radius 2 is 2.12 bits per heavy atom. The molecule has 0 spiro atoms. The van der Waals surface area contributed by atoms with E-state index in [0.717, 1.165) is 11.3 Å². The van der Waals surface area contributed by atoms with Gasteiger partial charge in [0.2, 0.25) is 0 Å². The molecule has 2 aliphatic heterocycles. The van der Waals surface area contributed by atoms with E-state index in [-0.39, 0.29) is 11.9 Å². The molecule has 16 heavy (non-hydrogen) atoms. The molecule has 0 radical (unpaired) electrons. The molecule has 0 aliphatic carbocycles. The van der Waals surface area contributed by atoms with E-state index < -0.39 is 0 Å². The average Bonchev–Trinajstić information content (AvgIpc) is 2.76. The molecular weight excluding hydrogens is 204 g/mol. The Morgan fingerprint density at radius 3 is 2.88 bits per heavy atom. The minimum Gasteiger partial charge on any atom is -0.271 e. The predicted octanol–water partition coefficient (Wildman–Crippen LogP) is 0.538. The van der Waals surface area contributed by atoms with Crippen LogP contribution >= 0.6 is 0 Å². The van der Waals surface area contributed by atoms with Crippen LogP contribution in [-0.2, 0) is 4.79 Å². The molecule has 1 atom stereocenters. The van der Waals surface area contributed by atoms with Gasteiger partial charge in [0.25, 0.3) is 5.91 Å². The largest absolute Gasteiger partial charge is 0.271 e. The Kier molecular flexibility index (Phi) is 1.96. The molecule has 1 aromatic rings. The van der Waals surface area contributed by atoms with Gasteiger partial charge < -0.3 is 0 Å². The molecule has 0 bridgehead atoms. The van der Waals surface area contributed by atoms with Crippen molar-refractivity contribution in [1.82, 2.24) is 10.4 Å². The topological polar surface area (TPSA) is 57.1 Å². The zero-order valence-electron chi connectivity index (χ0n) is 8.50. The molecule has 1 N–H and O–H groups in total. The van der Waals surface area contributed by atoms with E-state index in [4.69, 9.17) is 0 Å². The number of hydrogen-bond acceptors (Lipinski definition) is 4. The van der Waals surface area contributed by atoms with Gasteiger partial charge in [0, 0.05) is 6.42 Å². The zero-order chi connectivity index (χ0) is 11.0. The molecule has 2 heterocycles. The van der Waals surface area contributed by atoms with E-state index in [1.807, 2.05) is 30.3 Å². The number of benzene rings is 1. The fourth-order valence-electron chi connectivity index (χ4n) is 1.88. The molecule has 2 aliphatic rings. The van der Waals surface area contributed by atoms with Gasteiger partial charge in [-0.05, 0) is 5.56 Å². The van der Waals surface area contributed by atoms with Crippen molar-refractivity contribution in [2.45, 2.75) is 12.5 Å². The van der Waals surface area contributed by atoms with Gasteiger partial charge in [0.05, 0.1) is 5.71 Å². The molecular formula is C11H10N4O. The van der Waals surface area contributed by atoms with Gasteiger partial charge in [-0.2, -0.15) is 10.2 Å². The van der Waals surface area contributed by atoms with E-state index in [0.29, 0.717) is 6.42 Å². The SMILES string of the molecule is O=C1NN=CN2N=C(c3ccccc3)CC12. The number of hydrogen-bond donors (Lipinski definition) is 1. The second-order valence-electron chi connectivity index (χ2n) is 3.73. The van der Waals surface area contributed by atoms with Crippen molar-refractivity contribution in [3.63, 3.8) is 0 Å². The number of amides is 1. The van der Waals surface area contributed by atoms with E-state index in [1.165, 1.54) is 0 Å². The van der Waals surface area contributed by atoms with Gasteiger partial charge in [-0.3, -0.25) is 4.79 Å². The average molecular weight is 214 g/mol. The maximum atomic E-state index is 11.5. The van der Waals surface area contributed by atoms with Gasteiger partial charge in [-0.1, -0.05) is 30.3 Å². The Hall–Kier alpha value is -2.17. The van der Waals surface area contributed by atoms with Crippen LogP contribution in [0, 0.1) is 0 Å². The van der Waals surface area contributed by atoms with Gasteiger partial charge in [-0.25, -0.2) is 10.4 Å².